The number of likely N-dealkylation sites (tertiary alicyclic amines) is 1. The van der Waals surface area contributed by atoms with E-state index in [-0.39, 0.29) is 29.5 Å². The second-order valence-corrected chi connectivity index (χ2v) is 15.9. The number of carbonyl (C=O) groups excluding carboxylic acids is 2. The van der Waals surface area contributed by atoms with Gasteiger partial charge in [0.1, 0.15) is 5.75 Å². The van der Waals surface area contributed by atoms with Crippen LogP contribution in [0.15, 0.2) is 36.4 Å². The number of piperazine rings is 1. The molecule has 5 aliphatic rings. The van der Waals surface area contributed by atoms with Gasteiger partial charge in [0.05, 0.1) is 18.2 Å². The first-order valence-corrected chi connectivity index (χ1v) is 18.2. The van der Waals surface area contributed by atoms with Gasteiger partial charge in [0.25, 0.3) is 5.91 Å². The fraction of sp³-hybridized carbons (Fsp3) is 0.543. The second kappa shape index (κ2) is 10.8. The number of likely N-dealkylation sites (N-methyl/N-ethyl adjacent to an activating group) is 1. The van der Waals surface area contributed by atoms with Gasteiger partial charge in [0.15, 0.2) is 0 Å². The molecule has 46 heavy (non-hydrogen) atoms. The number of benzene rings is 2. The number of methoxy groups -OCH3 is 1. The quantitative estimate of drug-likeness (QED) is 0.412. The molecular weight excluding hydrogens is 602 g/mol. The van der Waals surface area contributed by atoms with Crippen molar-refractivity contribution < 1.29 is 22.7 Å². The van der Waals surface area contributed by atoms with Gasteiger partial charge in [-0.2, -0.15) is 8.42 Å². The molecule has 2 amide bonds. The molecule has 244 valence electrons. The number of amides is 2. The van der Waals surface area contributed by atoms with E-state index < -0.39 is 21.5 Å². The number of fused-ring (bicyclic) bond motifs is 9. The van der Waals surface area contributed by atoms with Gasteiger partial charge in [0.2, 0.25) is 5.91 Å². The Kier molecular flexibility index (Phi) is 7.04. The van der Waals surface area contributed by atoms with Crippen LogP contribution in [0.3, 0.4) is 0 Å². The first kappa shape index (κ1) is 30.0. The molecule has 4 heterocycles. The summed E-state index contributed by atoms with van der Waals surface area (Å²) in [5.41, 5.74) is 5.30. The van der Waals surface area contributed by atoms with E-state index >= 15 is 0 Å². The van der Waals surface area contributed by atoms with E-state index in [1.807, 2.05) is 18.2 Å². The van der Waals surface area contributed by atoms with E-state index in [4.69, 9.17) is 4.74 Å². The van der Waals surface area contributed by atoms with Crippen LogP contribution < -0.4 is 14.2 Å². The van der Waals surface area contributed by atoms with E-state index in [9.17, 15) is 18.0 Å². The Balaban J connectivity index is 1.33. The molecule has 4 atom stereocenters. The molecule has 4 unspecified atom stereocenters. The molecule has 2 saturated heterocycles. The molecule has 3 aliphatic heterocycles. The molecule has 2 aromatic carbocycles. The van der Waals surface area contributed by atoms with Gasteiger partial charge in [-0.3, -0.25) is 9.59 Å². The van der Waals surface area contributed by atoms with Crippen molar-refractivity contribution >= 4 is 32.9 Å². The highest BCUT2D eigenvalue weighted by Gasteiger charge is 2.65. The Hall–Kier alpha value is -3.41. The Morgan fingerprint density at radius 2 is 1.72 bits per heavy atom. The molecule has 3 aromatic rings. The maximum atomic E-state index is 14.9. The van der Waals surface area contributed by atoms with E-state index in [0.717, 1.165) is 73.1 Å². The lowest BCUT2D eigenvalue weighted by Crippen LogP contribution is -2.57. The Labute approximate surface area is 270 Å². The Bertz CT molecular complexity index is 1850. The molecule has 2 N–H and O–H groups in total. The minimum atomic E-state index is -3.97. The third kappa shape index (κ3) is 4.60. The van der Waals surface area contributed by atoms with Gasteiger partial charge in [-0.25, -0.2) is 9.44 Å². The molecule has 2 saturated carbocycles. The number of hydrogen-bond donors (Lipinski definition) is 2. The third-order valence-electron chi connectivity index (χ3n) is 11.6. The van der Waals surface area contributed by atoms with Crippen molar-refractivity contribution in [3.8, 4) is 17.0 Å². The number of rotatable bonds is 6. The third-order valence-corrected chi connectivity index (χ3v) is 12.6. The first-order chi connectivity index (χ1) is 22.1. The summed E-state index contributed by atoms with van der Waals surface area (Å²) in [5, 5.41) is 1.08. The van der Waals surface area contributed by atoms with Gasteiger partial charge in [-0.05, 0) is 86.5 Å². The number of ether oxygens (including phenoxy) is 1. The average Bonchev–Trinajstić information content (AvgIpc) is 3.64. The highest BCUT2D eigenvalue weighted by Crippen LogP contribution is 2.66. The summed E-state index contributed by atoms with van der Waals surface area (Å²) in [5.74, 6) is 0.802. The van der Waals surface area contributed by atoms with Crippen LogP contribution in [0.2, 0.25) is 0 Å². The Morgan fingerprint density at radius 1 is 0.978 bits per heavy atom. The van der Waals surface area contributed by atoms with E-state index in [0.29, 0.717) is 12.5 Å². The second-order valence-electron chi connectivity index (χ2n) is 14.2. The number of carbonyl (C=O) groups is 2. The van der Waals surface area contributed by atoms with Crippen molar-refractivity contribution in [2.75, 3.05) is 34.3 Å². The lowest BCUT2D eigenvalue weighted by atomic mass is 9.81. The lowest BCUT2D eigenvalue weighted by Gasteiger charge is -2.41. The molecule has 0 radical (unpaired) electrons. The van der Waals surface area contributed by atoms with E-state index in [2.05, 4.69) is 43.0 Å². The minimum absolute atomic E-state index is 0.0746. The topological polar surface area (TPSA) is 113 Å². The van der Waals surface area contributed by atoms with Crippen LogP contribution in [0.4, 0.5) is 0 Å². The minimum Gasteiger partial charge on any atom is -0.497 e. The van der Waals surface area contributed by atoms with Gasteiger partial charge >= 0.3 is 10.2 Å². The molecule has 8 rings (SSSR count). The predicted molar refractivity (Wildman–Crippen MR) is 176 cm³/mol. The average molecular weight is 646 g/mol. The van der Waals surface area contributed by atoms with Gasteiger partial charge in [-0.1, -0.05) is 25.3 Å². The molecule has 0 spiro atoms. The number of aromatic nitrogens is 1. The zero-order valence-electron chi connectivity index (χ0n) is 26.8. The van der Waals surface area contributed by atoms with Gasteiger partial charge < -0.3 is 19.1 Å². The van der Waals surface area contributed by atoms with Crippen LogP contribution in [0.25, 0.3) is 22.2 Å². The lowest BCUT2D eigenvalue weighted by molar-refractivity contribution is -0.143. The normalized spacial score (nSPS) is 27.5. The SMILES string of the molecule is CNS(=O)(=O)NC(=O)c1ccc2c(C3CCCCC3)c3n(c2c1)CC1(C(=O)N2C4CCC2CN(C)C4)CC1c1cc(OC)ccc1-3. The van der Waals surface area contributed by atoms with Crippen molar-refractivity contribution in [3.05, 3.63) is 53.1 Å². The molecule has 2 bridgehead atoms. The van der Waals surface area contributed by atoms with Crippen molar-refractivity contribution in [2.45, 2.75) is 81.8 Å². The highest BCUT2D eigenvalue weighted by molar-refractivity contribution is 7.88. The maximum Gasteiger partial charge on any atom is 0.301 e. The van der Waals surface area contributed by atoms with E-state index in [1.165, 1.54) is 37.4 Å². The molecule has 10 nitrogen and oxygen atoms in total. The van der Waals surface area contributed by atoms with Crippen LogP contribution in [0.1, 0.15) is 84.7 Å². The molecule has 2 aliphatic carbocycles. The van der Waals surface area contributed by atoms with Crippen molar-refractivity contribution in [1.29, 1.82) is 0 Å². The van der Waals surface area contributed by atoms with Crippen molar-refractivity contribution in [3.63, 3.8) is 0 Å². The standard InChI is InChI=1S/C35H43N5O5S/c1-36-46(43,44)37-33(41)22-9-13-27-30(15-22)39-20-35(34(42)40-23-10-11-24(40)19-38(2)18-23)17-29(35)28-16-25(45-3)12-14-26(28)32(39)31(27)21-7-5-4-6-8-21/h9,12-16,21,23-24,29,36H,4-8,10-11,17-20H2,1-3H3,(H,37,41). The van der Waals surface area contributed by atoms with Gasteiger partial charge in [-0.15, -0.1) is 0 Å². The Morgan fingerprint density at radius 3 is 2.41 bits per heavy atom. The first-order valence-electron chi connectivity index (χ1n) is 16.8. The summed E-state index contributed by atoms with van der Waals surface area (Å²) < 4.78 is 36.8. The zero-order chi connectivity index (χ0) is 32.0. The van der Waals surface area contributed by atoms with Crippen molar-refractivity contribution in [2.24, 2.45) is 5.41 Å². The number of nitrogens with one attached hydrogen (secondary N) is 2. The smallest absolute Gasteiger partial charge is 0.301 e. The predicted octanol–water partition coefficient (Wildman–Crippen LogP) is 4.35. The van der Waals surface area contributed by atoms with Crippen LogP contribution in [-0.2, 0) is 21.5 Å². The van der Waals surface area contributed by atoms with Crippen LogP contribution in [-0.4, -0.2) is 81.0 Å². The summed E-state index contributed by atoms with van der Waals surface area (Å²) in [7, 11) is 1.14. The molecule has 11 heteroatoms. The number of hydrogen-bond acceptors (Lipinski definition) is 6. The molecule has 4 fully saturated rings. The summed E-state index contributed by atoms with van der Waals surface area (Å²) in [6.07, 6.45) is 8.63. The van der Waals surface area contributed by atoms with Gasteiger partial charge in [0, 0.05) is 66.7 Å². The monoisotopic (exact) mass is 645 g/mol. The molecule has 1 aromatic heterocycles. The summed E-state index contributed by atoms with van der Waals surface area (Å²) in [4.78, 5) is 32.8. The van der Waals surface area contributed by atoms with E-state index in [1.54, 1.807) is 13.2 Å². The summed E-state index contributed by atoms with van der Waals surface area (Å²) >= 11 is 0. The summed E-state index contributed by atoms with van der Waals surface area (Å²) in [6.45, 7) is 2.34. The fourth-order valence-electron chi connectivity index (χ4n) is 9.36. The highest BCUT2D eigenvalue weighted by atomic mass is 32.2. The zero-order valence-corrected chi connectivity index (χ0v) is 27.7. The van der Waals surface area contributed by atoms with Crippen molar-refractivity contribution in [1.82, 2.24) is 23.8 Å². The summed E-state index contributed by atoms with van der Waals surface area (Å²) in [6, 6.07) is 12.4. The van der Waals surface area contributed by atoms with Crippen LogP contribution in [0, 0.1) is 5.41 Å². The molecular formula is C35H43N5O5S. The largest absolute Gasteiger partial charge is 0.497 e. The maximum absolute atomic E-state index is 14.9. The van der Waals surface area contributed by atoms with Crippen LogP contribution in [0.5, 0.6) is 5.75 Å². The fourth-order valence-corrected chi connectivity index (χ4v) is 9.82. The number of nitrogens with zero attached hydrogens (tertiary/aromatic N) is 3. The van der Waals surface area contributed by atoms with Crippen LogP contribution >= 0.6 is 0 Å².